The number of aryl methyl sites for hydroxylation is 1. The molecule has 0 aliphatic rings. The van der Waals surface area contributed by atoms with Crippen molar-refractivity contribution in [1.82, 2.24) is 4.98 Å². The molecule has 0 saturated heterocycles. The molecule has 0 fully saturated rings. The van der Waals surface area contributed by atoms with E-state index in [0.29, 0.717) is 39.6 Å². The standard InChI is InChI=1S/C15H14N2O3/c1-8-5-9(16)6-11(14(8)18)15-17-12-7-10(19-2)3-4-13(12)20-15/h3-7,18H,16H2,1-2H3. The molecule has 0 saturated carbocycles. The highest BCUT2D eigenvalue weighted by atomic mass is 16.5. The van der Waals surface area contributed by atoms with Gasteiger partial charge < -0.3 is 20.0 Å². The van der Waals surface area contributed by atoms with Crippen molar-refractivity contribution >= 4 is 16.8 Å². The molecule has 20 heavy (non-hydrogen) atoms. The van der Waals surface area contributed by atoms with Crippen LogP contribution in [0, 0.1) is 6.92 Å². The van der Waals surface area contributed by atoms with Gasteiger partial charge in [-0.3, -0.25) is 0 Å². The SMILES string of the molecule is COc1ccc2oc(-c3cc(N)cc(C)c3O)nc2c1. The van der Waals surface area contributed by atoms with E-state index in [0.717, 1.165) is 0 Å². The van der Waals surface area contributed by atoms with Crippen LogP contribution in [0.2, 0.25) is 0 Å². The van der Waals surface area contributed by atoms with Crippen LogP contribution in [0.15, 0.2) is 34.7 Å². The van der Waals surface area contributed by atoms with Crippen LogP contribution in [-0.2, 0) is 0 Å². The first-order valence-corrected chi connectivity index (χ1v) is 6.12. The second-order valence-corrected chi connectivity index (χ2v) is 4.59. The zero-order valence-electron chi connectivity index (χ0n) is 11.2. The molecule has 0 bridgehead atoms. The fourth-order valence-electron chi connectivity index (χ4n) is 2.12. The number of anilines is 1. The van der Waals surface area contributed by atoms with Crippen LogP contribution >= 0.6 is 0 Å². The van der Waals surface area contributed by atoms with E-state index >= 15 is 0 Å². The molecule has 1 heterocycles. The third-order valence-electron chi connectivity index (χ3n) is 3.15. The number of hydrogen-bond donors (Lipinski definition) is 2. The Morgan fingerprint density at radius 2 is 2.05 bits per heavy atom. The van der Waals surface area contributed by atoms with Gasteiger partial charge in [0.05, 0.1) is 12.7 Å². The Hall–Kier alpha value is -2.69. The highest BCUT2D eigenvalue weighted by Gasteiger charge is 2.15. The molecule has 1 aromatic heterocycles. The van der Waals surface area contributed by atoms with Crippen LogP contribution in [0.3, 0.4) is 0 Å². The number of benzene rings is 2. The van der Waals surface area contributed by atoms with Crippen LogP contribution in [-0.4, -0.2) is 17.2 Å². The molecule has 3 N–H and O–H groups in total. The monoisotopic (exact) mass is 270 g/mol. The quantitative estimate of drug-likeness (QED) is 0.552. The molecule has 3 aromatic rings. The maximum atomic E-state index is 10.1. The van der Waals surface area contributed by atoms with Crippen LogP contribution in [0.5, 0.6) is 11.5 Å². The Labute approximate surface area is 115 Å². The van der Waals surface area contributed by atoms with Crippen molar-refractivity contribution in [3.63, 3.8) is 0 Å². The van der Waals surface area contributed by atoms with Crippen molar-refractivity contribution in [1.29, 1.82) is 0 Å². The topological polar surface area (TPSA) is 81.5 Å². The number of ether oxygens (including phenoxy) is 1. The molecule has 0 atom stereocenters. The van der Waals surface area contributed by atoms with E-state index in [1.54, 1.807) is 44.4 Å². The molecule has 0 spiro atoms. The summed E-state index contributed by atoms with van der Waals surface area (Å²) in [5.41, 5.74) is 8.81. The molecule has 0 aliphatic carbocycles. The van der Waals surface area contributed by atoms with Gasteiger partial charge in [-0.25, -0.2) is 4.98 Å². The summed E-state index contributed by atoms with van der Waals surface area (Å²) in [6, 6.07) is 8.69. The van der Waals surface area contributed by atoms with Gasteiger partial charge in [0, 0.05) is 11.8 Å². The number of aromatic hydroxyl groups is 1. The predicted molar refractivity (Wildman–Crippen MR) is 76.8 cm³/mol. The number of nitrogen functional groups attached to an aromatic ring is 1. The normalized spacial score (nSPS) is 10.9. The fourth-order valence-corrected chi connectivity index (χ4v) is 2.12. The number of oxazole rings is 1. The Morgan fingerprint density at radius 1 is 1.25 bits per heavy atom. The van der Waals surface area contributed by atoms with Gasteiger partial charge in [-0.2, -0.15) is 0 Å². The number of aromatic nitrogens is 1. The van der Waals surface area contributed by atoms with Crippen LogP contribution in [0.4, 0.5) is 5.69 Å². The Morgan fingerprint density at radius 3 is 2.80 bits per heavy atom. The number of fused-ring (bicyclic) bond motifs is 1. The highest BCUT2D eigenvalue weighted by Crippen LogP contribution is 2.35. The molecule has 2 aromatic carbocycles. The molecule has 3 rings (SSSR count). The number of nitrogens with zero attached hydrogens (tertiary/aromatic N) is 1. The van der Waals surface area contributed by atoms with E-state index in [1.165, 1.54) is 0 Å². The summed E-state index contributed by atoms with van der Waals surface area (Å²) in [6.45, 7) is 1.78. The second kappa shape index (κ2) is 4.45. The van der Waals surface area contributed by atoms with Gasteiger partial charge >= 0.3 is 0 Å². The van der Waals surface area contributed by atoms with E-state index in [9.17, 15) is 5.11 Å². The van der Waals surface area contributed by atoms with Gasteiger partial charge in [0.1, 0.15) is 17.0 Å². The van der Waals surface area contributed by atoms with Crippen molar-refractivity contribution in [3.8, 4) is 23.0 Å². The number of phenolic OH excluding ortho intramolecular Hbond substituents is 1. The van der Waals surface area contributed by atoms with Gasteiger partial charge in [-0.15, -0.1) is 0 Å². The fraction of sp³-hybridized carbons (Fsp3) is 0.133. The highest BCUT2D eigenvalue weighted by molar-refractivity contribution is 5.80. The third-order valence-corrected chi connectivity index (χ3v) is 3.15. The number of methoxy groups -OCH3 is 1. The van der Waals surface area contributed by atoms with Crippen LogP contribution in [0.1, 0.15) is 5.56 Å². The molecule has 0 aliphatic heterocycles. The average Bonchev–Trinajstić information content (AvgIpc) is 2.85. The Balaban J connectivity index is 2.20. The minimum Gasteiger partial charge on any atom is -0.507 e. The van der Waals surface area contributed by atoms with Gasteiger partial charge in [-0.05, 0) is 36.8 Å². The van der Waals surface area contributed by atoms with Crippen LogP contribution in [0.25, 0.3) is 22.6 Å². The van der Waals surface area contributed by atoms with E-state index < -0.39 is 0 Å². The summed E-state index contributed by atoms with van der Waals surface area (Å²) in [6.07, 6.45) is 0. The minimum absolute atomic E-state index is 0.123. The maximum absolute atomic E-state index is 10.1. The van der Waals surface area contributed by atoms with Crippen molar-refractivity contribution in [2.24, 2.45) is 0 Å². The Kier molecular flexibility index (Phi) is 2.75. The molecular formula is C15H14N2O3. The van der Waals surface area contributed by atoms with Crippen molar-refractivity contribution in [2.75, 3.05) is 12.8 Å². The molecular weight excluding hydrogens is 256 g/mol. The molecule has 102 valence electrons. The molecule has 0 unspecified atom stereocenters. The number of nitrogens with two attached hydrogens (primary N) is 1. The van der Waals surface area contributed by atoms with E-state index in [4.69, 9.17) is 14.9 Å². The van der Waals surface area contributed by atoms with Crippen LogP contribution < -0.4 is 10.5 Å². The van der Waals surface area contributed by atoms with Gasteiger partial charge in [0.15, 0.2) is 5.58 Å². The first-order chi connectivity index (χ1) is 9.58. The first-order valence-electron chi connectivity index (χ1n) is 6.12. The summed E-state index contributed by atoms with van der Waals surface area (Å²) in [5, 5.41) is 10.1. The van der Waals surface area contributed by atoms with E-state index in [2.05, 4.69) is 4.98 Å². The van der Waals surface area contributed by atoms with Gasteiger partial charge in [0.25, 0.3) is 0 Å². The lowest BCUT2D eigenvalue weighted by Gasteiger charge is -2.05. The second-order valence-electron chi connectivity index (χ2n) is 4.59. The molecule has 5 heteroatoms. The summed E-state index contributed by atoms with van der Waals surface area (Å²) in [7, 11) is 1.59. The zero-order chi connectivity index (χ0) is 14.3. The summed E-state index contributed by atoms with van der Waals surface area (Å²) in [5.74, 6) is 1.16. The molecule has 5 nitrogen and oxygen atoms in total. The van der Waals surface area contributed by atoms with E-state index in [-0.39, 0.29) is 5.75 Å². The lowest BCUT2D eigenvalue weighted by atomic mass is 10.1. The van der Waals surface area contributed by atoms with E-state index in [1.807, 2.05) is 0 Å². The lowest BCUT2D eigenvalue weighted by molar-refractivity contribution is 0.415. The number of phenols is 1. The third kappa shape index (κ3) is 1.93. The molecule has 0 amide bonds. The number of hydrogen-bond acceptors (Lipinski definition) is 5. The lowest BCUT2D eigenvalue weighted by Crippen LogP contribution is -1.89. The number of rotatable bonds is 2. The average molecular weight is 270 g/mol. The van der Waals surface area contributed by atoms with Crippen molar-refractivity contribution in [3.05, 3.63) is 35.9 Å². The van der Waals surface area contributed by atoms with Gasteiger partial charge in [-0.1, -0.05) is 0 Å². The minimum atomic E-state index is 0.123. The smallest absolute Gasteiger partial charge is 0.231 e. The van der Waals surface area contributed by atoms with Gasteiger partial charge in [0.2, 0.25) is 5.89 Å². The predicted octanol–water partition coefficient (Wildman–Crippen LogP) is 3.10. The summed E-state index contributed by atoms with van der Waals surface area (Å²) >= 11 is 0. The van der Waals surface area contributed by atoms with Crippen molar-refractivity contribution < 1.29 is 14.3 Å². The molecule has 0 radical (unpaired) electrons. The zero-order valence-corrected chi connectivity index (χ0v) is 11.2. The van der Waals surface area contributed by atoms with Crippen molar-refractivity contribution in [2.45, 2.75) is 6.92 Å². The Bertz CT molecular complexity index is 793. The summed E-state index contributed by atoms with van der Waals surface area (Å²) in [4.78, 5) is 4.37. The maximum Gasteiger partial charge on any atom is 0.231 e. The summed E-state index contributed by atoms with van der Waals surface area (Å²) < 4.78 is 10.8. The largest absolute Gasteiger partial charge is 0.507 e. The first kappa shape index (κ1) is 12.3.